The van der Waals surface area contributed by atoms with Crippen LogP contribution in [0.2, 0.25) is 0 Å². The van der Waals surface area contributed by atoms with E-state index in [1.165, 1.54) is 0 Å². The zero-order chi connectivity index (χ0) is 9.99. The van der Waals surface area contributed by atoms with Crippen molar-refractivity contribution in [2.24, 2.45) is 0 Å². The molecule has 0 spiro atoms. The van der Waals surface area contributed by atoms with Crippen LogP contribution in [0, 0.1) is 0 Å². The Bertz CT molecular complexity index is 139. The maximum atomic E-state index is 11.9. The number of ether oxygens (including phenoxy) is 2. The van der Waals surface area contributed by atoms with Gasteiger partial charge in [0.25, 0.3) is 0 Å². The topological polar surface area (TPSA) is 18.5 Å². The maximum absolute atomic E-state index is 11.9. The van der Waals surface area contributed by atoms with Crippen molar-refractivity contribution in [3.8, 4) is 0 Å². The first-order valence-corrected chi connectivity index (χ1v) is 2.77. The molecule has 2 nitrogen and oxygen atoms in total. The summed E-state index contributed by atoms with van der Waals surface area (Å²) in [4.78, 5) is 0. The van der Waals surface area contributed by atoms with Crippen LogP contribution < -0.4 is 0 Å². The fraction of sp³-hybridized carbons (Fsp3) is 1.00. The number of methoxy groups -OCH3 is 2. The maximum Gasteiger partial charge on any atom is 0.449 e. The van der Waals surface area contributed by atoms with Crippen molar-refractivity contribution in [2.45, 2.75) is 18.4 Å². The second-order valence-electron chi connectivity index (χ2n) is 1.87. The minimum absolute atomic E-state index is 0.503. The van der Waals surface area contributed by atoms with Gasteiger partial charge < -0.3 is 9.47 Å². The number of hydrogen-bond acceptors (Lipinski definition) is 2. The average Bonchev–Trinajstić information content (AvgIpc) is 1.87. The second-order valence-corrected chi connectivity index (χ2v) is 1.87. The zero-order valence-electron chi connectivity index (χ0n) is 6.28. The SMILES string of the molecule is COC(OC)(C(F)F)C(F)(F)F. The van der Waals surface area contributed by atoms with Crippen LogP contribution in [0.5, 0.6) is 0 Å². The van der Waals surface area contributed by atoms with Gasteiger partial charge >= 0.3 is 18.4 Å². The predicted octanol–water partition coefficient (Wildman–Crippen LogP) is 1.80. The lowest BCUT2D eigenvalue weighted by atomic mass is 10.3. The fourth-order valence-corrected chi connectivity index (χ4v) is 0.617. The van der Waals surface area contributed by atoms with Crippen molar-refractivity contribution in [1.29, 1.82) is 0 Å². The van der Waals surface area contributed by atoms with Crippen LogP contribution in [0.25, 0.3) is 0 Å². The minimum atomic E-state index is -5.26. The highest BCUT2D eigenvalue weighted by Gasteiger charge is 2.63. The van der Waals surface area contributed by atoms with Crippen LogP contribution in [0.3, 0.4) is 0 Å². The third-order valence-corrected chi connectivity index (χ3v) is 1.29. The molecule has 74 valence electrons. The van der Waals surface area contributed by atoms with Crippen molar-refractivity contribution in [1.82, 2.24) is 0 Å². The molecule has 0 aliphatic carbocycles. The monoisotopic (exact) mass is 194 g/mol. The number of halogens is 5. The van der Waals surface area contributed by atoms with Gasteiger partial charge in [-0.1, -0.05) is 0 Å². The van der Waals surface area contributed by atoms with Gasteiger partial charge in [-0.15, -0.1) is 0 Å². The van der Waals surface area contributed by atoms with Crippen molar-refractivity contribution < 1.29 is 31.4 Å². The quantitative estimate of drug-likeness (QED) is 0.503. The summed E-state index contributed by atoms with van der Waals surface area (Å²) in [5.74, 6) is -3.81. The van der Waals surface area contributed by atoms with Gasteiger partial charge in [0, 0.05) is 14.2 Å². The number of alkyl halides is 5. The summed E-state index contributed by atoms with van der Waals surface area (Å²) in [5, 5.41) is 0. The molecule has 0 amide bonds. The summed E-state index contributed by atoms with van der Waals surface area (Å²) in [6.07, 6.45) is -9.04. The molecule has 0 fully saturated rings. The van der Waals surface area contributed by atoms with E-state index in [1.807, 2.05) is 0 Å². The van der Waals surface area contributed by atoms with Gasteiger partial charge in [-0.2, -0.15) is 13.2 Å². The first-order chi connectivity index (χ1) is 5.31. The third-order valence-electron chi connectivity index (χ3n) is 1.29. The summed E-state index contributed by atoms with van der Waals surface area (Å²) in [6, 6.07) is 0. The third kappa shape index (κ3) is 1.66. The fourth-order valence-electron chi connectivity index (χ4n) is 0.617. The Kier molecular flexibility index (Phi) is 3.40. The highest BCUT2D eigenvalue weighted by atomic mass is 19.4. The first kappa shape index (κ1) is 11.6. The Morgan fingerprint density at radius 1 is 1.00 bits per heavy atom. The van der Waals surface area contributed by atoms with Crippen molar-refractivity contribution in [2.75, 3.05) is 14.2 Å². The summed E-state index contributed by atoms with van der Waals surface area (Å²) in [7, 11) is 1.01. The van der Waals surface area contributed by atoms with E-state index in [2.05, 4.69) is 9.47 Å². The van der Waals surface area contributed by atoms with E-state index in [4.69, 9.17) is 0 Å². The molecule has 0 aromatic carbocycles. The van der Waals surface area contributed by atoms with E-state index in [0.717, 1.165) is 0 Å². The Hall–Kier alpha value is -0.430. The molecular formula is C5H7F5O2. The standard InChI is InChI=1S/C5H7F5O2/c1-11-4(12-2,3(6)7)5(8,9)10/h3H,1-2H3. The Labute approximate surface area is 65.3 Å². The molecule has 0 N–H and O–H groups in total. The smallest absolute Gasteiger partial charge is 0.342 e. The zero-order valence-corrected chi connectivity index (χ0v) is 6.28. The van der Waals surface area contributed by atoms with E-state index in [1.54, 1.807) is 0 Å². The molecule has 0 rings (SSSR count). The number of hydrogen-bond donors (Lipinski definition) is 0. The number of rotatable bonds is 3. The Morgan fingerprint density at radius 3 is 1.33 bits per heavy atom. The Balaban J connectivity index is 4.83. The molecule has 0 saturated heterocycles. The first-order valence-electron chi connectivity index (χ1n) is 2.77. The molecule has 0 bridgehead atoms. The summed E-state index contributed by atoms with van der Waals surface area (Å²) in [5.41, 5.74) is 0. The van der Waals surface area contributed by atoms with Crippen LogP contribution in [-0.2, 0) is 9.47 Å². The molecule has 0 heterocycles. The Morgan fingerprint density at radius 2 is 1.33 bits per heavy atom. The van der Waals surface area contributed by atoms with Crippen LogP contribution in [-0.4, -0.2) is 32.6 Å². The molecular weight excluding hydrogens is 187 g/mol. The van der Waals surface area contributed by atoms with E-state index >= 15 is 0 Å². The van der Waals surface area contributed by atoms with E-state index in [9.17, 15) is 22.0 Å². The molecule has 0 saturated carbocycles. The van der Waals surface area contributed by atoms with Crippen LogP contribution >= 0.6 is 0 Å². The highest BCUT2D eigenvalue weighted by Crippen LogP contribution is 2.38. The summed E-state index contributed by atoms with van der Waals surface area (Å²) < 4.78 is 66.7. The van der Waals surface area contributed by atoms with E-state index in [0.29, 0.717) is 14.2 Å². The molecule has 0 aliphatic heterocycles. The molecule has 0 radical (unpaired) electrons. The normalized spacial score (nSPS) is 14.0. The van der Waals surface area contributed by atoms with E-state index in [-0.39, 0.29) is 0 Å². The van der Waals surface area contributed by atoms with Gasteiger partial charge in [-0.05, 0) is 0 Å². The molecule has 7 heteroatoms. The lowest BCUT2D eigenvalue weighted by molar-refractivity contribution is -0.401. The van der Waals surface area contributed by atoms with Gasteiger partial charge in [-0.25, -0.2) is 8.78 Å². The summed E-state index contributed by atoms with van der Waals surface area (Å²) >= 11 is 0. The van der Waals surface area contributed by atoms with Gasteiger partial charge in [0.1, 0.15) is 0 Å². The second kappa shape index (κ2) is 3.53. The predicted molar refractivity (Wildman–Crippen MR) is 28.8 cm³/mol. The lowest BCUT2D eigenvalue weighted by Crippen LogP contribution is -2.54. The van der Waals surface area contributed by atoms with Crippen LogP contribution in [0.4, 0.5) is 22.0 Å². The highest BCUT2D eigenvalue weighted by molar-refractivity contribution is 4.80. The molecule has 0 aliphatic rings. The minimum Gasteiger partial charge on any atom is -0.342 e. The molecule has 0 aromatic heterocycles. The van der Waals surface area contributed by atoms with Gasteiger partial charge in [-0.3, -0.25) is 0 Å². The van der Waals surface area contributed by atoms with E-state index < -0.39 is 18.4 Å². The molecule has 0 atom stereocenters. The molecule has 0 unspecified atom stereocenters. The largest absolute Gasteiger partial charge is 0.449 e. The molecule has 0 aromatic rings. The van der Waals surface area contributed by atoms with Crippen molar-refractivity contribution in [3.63, 3.8) is 0 Å². The summed E-state index contributed by atoms with van der Waals surface area (Å²) in [6.45, 7) is 0. The van der Waals surface area contributed by atoms with Gasteiger partial charge in [0.2, 0.25) is 0 Å². The lowest BCUT2D eigenvalue weighted by Gasteiger charge is -2.31. The van der Waals surface area contributed by atoms with Gasteiger partial charge in [0.05, 0.1) is 0 Å². The van der Waals surface area contributed by atoms with Crippen molar-refractivity contribution >= 4 is 0 Å². The van der Waals surface area contributed by atoms with Gasteiger partial charge in [0.15, 0.2) is 0 Å². The molecule has 12 heavy (non-hydrogen) atoms. The van der Waals surface area contributed by atoms with Crippen molar-refractivity contribution in [3.05, 3.63) is 0 Å². The van der Waals surface area contributed by atoms with Crippen LogP contribution in [0.15, 0.2) is 0 Å². The average molecular weight is 194 g/mol. The van der Waals surface area contributed by atoms with Crippen LogP contribution in [0.1, 0.15) is 0 Å².